The van der Waals surface area contributed by atoms with Crippen LogP contribution in [0.3, 0.4) is 0 Å². The zero-order valence-electron chi connectivity index (χ0n) is 14.8. The third kappa shape index (κ3) is 3.45. The Morgan fingerprint density at radius 2 is 1.89 bits per heavy atom. The van der Waals surface area contributed by atoms with E-state index in [-0.39, 0.29) is 0 Å². The largest absolute Gasteiger partial charge is 0.366 e. The maximum absolute atomic E-state index is 13.1. The minimum Gasteiger partial charge on any atom is -0.366 e. The van der Waals surface area contributed by atoms with E-state index in [4.69, 9.17) is 5.73 Å². The quantitative estimate of drug-likeness (QED) is 0.423. The van der Waals surface area contributed by atoms with Crippen LogP contribution in [0.2, 0.25) is 0 Å². The van der Waals surface area contributed by atoms with Crippen LogP contribution in [-0.2, 0) is 0 Å². The van der Waals surface area contributed by atoms with E-state index in [1.165, 1.54) is 12.1 Å². The number of carbonyl (C=O) groups excluding carboxylic acids is 1. The van der Waals surface area contributed by atoms with Crippen molar-refractivity contribution in [3.05, 3.63) is 65.9 Å². The number of aromatic amines is 1. The van der Waals surface area contributed by atoms with Crippen LogP contribution in [0.25, 0.3) is 11.2 Å². The lowest BCUT2D eigenvalue weighted by Crippen LogP contribution is -2.13. The Bertz CT molecular complexity index is 1170. The van der Waals surface area contributed by atoms with Crippen molar-refractivity contribution in [2.24, 2.45) is 5.73 Å². The van der Waals surface area contributed by atoms with E-state index >= 15 is 0 Å². The van der Waals surface area contributed by atoms with Crippen molar-refractivity contribution in [2.45, 2.75) is 6.92 Å². The highest BCUT2D eigenvalue weighted by molar-refractivity contribution is 6.00. The molecule has 4 aromatic rings. The molecule has 0 aliphatic rings. The number of amides is 1. The van der Waals surface area contributed by atoms with Gasteiger partial charge < -0.3 is 21.4 Å². The van der Waals surface area contributed by atoms with Crippen molar-refractivity contribution in [3.63, 3.8) is 0 Å². The smallest absolute Gasteiger partial charge is 0.250 e. The average molecular weight is 377 g/mol. The second-order valence-electron chi connectivity index (χ2n) is 6.10. The normalized spacial score (nSPS) is 10.8. The molecule has 0 spiro atoms. The topological polar surface area (TPSA) is 122 Å². The number of aromatic nitrogens is 4. The monoisotopic (exact) mass is 377 g/mol. The number of hydrogen-bond donors (Lipinski definition) is 4. The molecule has 3 heterocycles. The molecule has 8 nitrogen and oxygen atoms in total. The van der Waals surface area contributed by atoms with Gasteiger partial charge in [0.2, 0.25) is 0 Å². The molecule has 0 aliphatic carbocycles. The van der Waals surface area contributed by atoms with Gasteiger partial charge in [-0.2, -0.15) is 0 Å². The number of halogens is 1. The molecule has 0 saturated heterocycles. The lowest BCUT2D eigenvalue weighted by atomic mass is 10.1. The first kappa shape index (κ1) is 17.4. The summed E-state index contributed by atoms with van der Waals surface area (Å²) < 4.78 is 13.1. The average Bonchev–Trinajstić information content (AvgIpc) is 3.04. The number of pyridine rings is 2. The van der Waals surface area contributed by atoms with Crippen LogP contribution in [0.4, 0.5) is 27.4 Å². The Morgan fingerprint density at radius 1 is 1.07 bits per heavy atom. The molecule has 0 atom stereocenters. The number of para-hydroxylation sites is 1. The lowest BCUT2D eigenvalue weighted by Gasteiger charge is -2.12. The fourth-order valence-corrected chi connectivity index (χ4v) is 2.80. The molecule has 1 amide bonds. The molecule has 0 radical (unpaired) electrons. The van der Waals surface area contributed by atoms with E-state index in [1.54, 1.807) is 30.3 Å². The van der Waals surface area contributed by atoms with E-state index in [1.807, 2.05) is 6.92 Å². The molecule has 5 N–H and O–H groups in total. The van der Waals surface area contributed by atoms with E-state index in [2.05, 4.69) is 30.6 Å². The Morgan fingerprint density at radius 3 is 2.64 bits per heavy atom. The predicted octanol–water partition coefficient (Wildman–Crippen LogP) is 3.39. The number of H-pyrrole nitrogens is 1. The summed E-state index contributed by atoms with van der Waals surface area (Å²) in [7, 11) is 0. The van der Waals surface area contributed by atoms with Gasteiger partial charge in [-0.15, -0.1) is 0 Å². The van der Waals surface area contributed by atoms with Crippen molar-refractivity contribution in [3.8, 4) is 0 Å². The van der Waals surface area contributed by atoms with Crippen LogP contribution in [0.1, 0.15) is 16.2 Å². The van der Waals surface area contributed by atoms with Gasteiger partial charge in [0.05, 0.1) is 23.1 Å². The van der Waals surface area contributed by atoms with Crippen molar-refractivity contribution in [1.82, 2.24) is 19.9 Å². The number of benzene rings is 1. The van der Waals surface area contributed by atoms with Crippen molar-refractivity contribution in [2.75, 3.05) is 10.6 Å². The minimum atomic E-state index is -0.539. The summed E-state index contributed by atoms with van der Waals surface area (Å²) in [5.74, 6) is 0.609. The van der Waals surface area contributed by atoms with Gasteiger partial charge in [-0.3, -0.25) is 4.79 Å². The van der Waals surface area contributed by atoms with Gasteiger partial charge in [-0.1, -0.05) is 12.1 Å². The maximum atomic E-state index is 13.1. The fraction of sp³-hybridized carbons (Fsp3) is 0.0526. The second-order valence-corrected chi connectivity index (χ2v) is 6.10. The molecule has 0 fully saturated rings. The summed E-state index contributed by atoms with van der Waals surface area (Å²) in [4.78, 5) is 27.7. The Balaban J connectivity index is 1.76. The number of hydrogen-bond acceptors (Lipinski definition) is 6. The van der Waals surface area contributed by atoms with Crippen molar-refractivity contribution in [1.29, 1.82) is 0 Å². The van der Waals surface area contributed by atoms with Gasteiger partial charge >= 0.3 is 0 Å². The van der Waals surface area contributed by atoms with Crippen LogP contribution in [0.5, 0.6) is 0 Å². The highest BCUT2D eigenvalue weighted by Gasteiger charge is 2.13. The Hall–Kier alpha value is -4.01. The number of aryl methyl sites for hydroxylation is 1. The molecule has 0 aliphatic heterocycles. The van der Waals surface area contributed by atoms with Crippen LogP contribution in [-0.4, -0.2) is 25.8 Å². The number of primary amides is 1. The van der Waals surface area contributed by atoms with Crippen LogP contribution < -0.4 is 16.4 Å². The number of nitrogens with two attached hydrogens (primary N) is 1. The van der Waals surface area contributed by atoms with Gasteiger partial charge in [0, 0.05) is 6.07 Å². The number of carbonyl (C=O) groups is 1. The molecular weight excluding hydrogens is 361 g/mol. The SMILES string of the molecule is Cc1nc2nc(Nc3ccc(F)cn3)cc(Nc3ccccc3C(N)=O)c2[nH]1. The lowest BCUT2D eigenvalue weighted by molar-refractivity contribution is 0.100. The summed E-state index contributed by atoms with van der Waals surface area (Å²) in [6.45, 7) is 1.82. The predicted molar refractivity (Wildman–Crippen MR) is 104 cm³/mol. The second kappa shape index (κ2) is 6.95. The van der Waals surface area contributed by atoms with Gasteiger partial charge in [-0.25, -0.2) is 19.3 Å². The molecule has 3 aromatic heterocycles. The number of fused-ring (bicyclic) bond motifs is 1. The van der Waals surface area contributed by atoms with E-state index in [0.29, 0.717) is 45.6 Å². The number of nitrogens with one attached hydrogen (secondary N) is 3. The number of imidazole rings is 1. The molecule has 9 heteroatoms. The van der Waals surface area contributed by atoms with Gasteiger partial charge in [0.25, 0.3) is 5.91 Å². The summed E-state index contributed by atoms with van der Waals surface area (Å²) >= 11 is 0. The van der Waals surface area contributed by atoms with Gasteiger partial charge in [-0.05, 0) is 31.2 Å². The first-order valence-electron chi connectivity index (χ1n) is 8.41. The molecule has 1 aromatic carbocycles. The van der Waals surface area contributed by atoms with Crippen molar-refractivity contribution < 1.29 is 9.18 Å². The van der Waals surface area contributed by atoms with Gasteiger partial charge in [0.15, 0.2) is 5.65 Å². The van der Waals surface area contributed by atoms with E-state index in [0.717, 1.165) is 6.20 Å². The van der Waals surface area contributed by atoms with Crippen LogP contribution >= 0.6 is 0 Å². The molecule has 0 saturated carbocycles. The zero-order valence-corrected chi connectivity index (χ0v) is 14.8. The molecule has 140 valence electrons. The summed E-state index contributed by atoms with van der Waals surface area (Å²) in [5.41, 5.74) is 8.18. The van der Waals surface area contributed by atoms with Crippen LogP contribution in [0.15, 0.2) is 48.7 Å². The summed E-state index contributed by atoms with van der Waals surface area (Å²) in [6, 6.07) is 11.5. The highest BCUT2D eigenvalue weighted by atomic mass is 19.1. The van der Waals surface area contributed by atoms with Crippen LogP contribution in [0, 0.1) is 12.7 Å². The highest BCUT2D eigenvalue weighted by Crippen LogP contribution is 2.29. The minimum absolute atomic E-state index is 0.360. The standard InChI is InChI=1S/C19H16FN7O/c1-10-23-17-14(25-13-5-3-2-4-12(13)18(21)28)8-16(27-19(17)24-10)26-15-7-6-11(20)9-22-15/h2-9H,1H3,(H2,21,28)(H3,22,23,24,25,26,27). The Kier molecular flexibility index (Phi) is 4.32. The zero-order chi connectivity index (χ0) is 19.7. The van der Waals surface area contributed by atoms with Gasteiger partial charge in [0.1, 0.15) is 28.8 Å². The first-order valence-corrected chi connectivity index (χ1v) is 8.41. The first-order chi connectivity index (χ1) is 13.5. The summed E-state index contributed by atoms with van der Waals surface area (Å²) in [6.07, 6.45) is 1.11. The van der Waals surface area contributed by atoms with E-state index in [9.17, 15) is 9.18 Å². The number of anilines is 4. The summed E-state index contributed by atoms with van der Waals surface area (Å²) in [5, 5.41) is 6.23. The number of nitrogens with zero attached hydrogens (tertiary/aromatic N) is 3. The molecule has 28 heavy (non-hydrogen) atoms. The third-order valence-electron chi connectivity index (χ3n) is 4.03. The molecular formula is C19H16FN7O. The molecule has 0 unspecified atom stereocenters. The third-order valence-corrected chi connectivity index (χ3v) is 4.03. The Labute approximate surface area is 159 Å². The molecule has 0 bridgehead atoms. The van der Waals surface area contributed by atoms with E-state index < -0.39 is 11.7 Å². The van der Waals surface area contributed by atoms with Crippen molar-refractivity contribution >= 4 is 40.1 Å². The maximum Gasteiger partial charge on any atom is 0.250 e. The number of rotatable bonds is 5. The molecule has 4 rings (SSSR count). The fourth-order valence-electron chi connectivity index (χ4n) is 2.80.